The lowest BCUT2D eigenvalue weighted by Crippen LogP contribution is -2.35. The van der Waals surface area contributed by atoms with Crippen LogP contribution in [-0.4, -0.2) is 40.5 Å². The molecule has 1 aromatic heterocycles. The lowest BCUT2D eigenvalue weighted by molar-refractivity contribution is -0.146. The number of carbonyl (C=O) groups excluding carboxylic acids is 1. The summed E-state index contributed by atoms with van der Waals surface area (Å²) in [5.41, 5.74) is -0.441. The third kappa shape index (κ3) is 4.78. The molecule has 8 heteroatoms. The van der Waals surface area contributed by atoms with Crippen LogP contribution in [0.25, 0.3) is 0 Å². The van der Waals surface area contributed by atoms with Gasteiger partial charge in [-0.2, -0.15) is 5.10 Å². The van der Waals surface area contributed by atoms with Gasteiger partial charge >= 0.3 is 5.97 Å². The summed E-state index contributed by atoms with van der Waals surface area (Å²) in [5.74, 6) is 0.00986. The van der Waals surface area contributed by atoms with E-state index < -0.39 is 11.5 Å². The predicted molar refractivity (Wildman–Crippen MR) is 100 cm³/mol. The molecule has 1 amide bonds. The van der Waals surface area contributed by atoms with Gasteiger partial charge in [0.1, 0.15) is 0 Å². The number of anilines is 1. The molecule has 8 nitrogen and oxygen atoms in total. The van der Waals surface area contributed by atoms with Crippen LogP contribution in [0.2, 0.25) is 0 Å². The number of aliphatic carboxylic acids is 1. The molecular weight excluding hydrogens is 350 g/mol. The number of methoxy groups -OCH3 is 1. The van der Waals surface area contributed by atoms with Gasteiger partial charge in [0.15, 0.2) is 17.0 Å². The monoisotopic (exact) mass is 375 g/mol. The van der Waals surface area contributed by atoms with E-state index in [0.717, 1.165) is 0 Å². The Balaban J connectivity index is 2.14. The third-order valence-corrected chi connectivity index (χ3v) is 3.93. The highest BCUT2D eigenvalue weighted by Crippen LogP contribution is 2.29. The molecule has 0 unspecified atom stereocenters. The zero-order valence-electron chi connectivity index (χ0n) is 16.1. The van der Waals surface area contributed by atoms with E-state index >= 15 is 0 Å². The van der Waals surface area contributed by atoms with Crippen molar-refractivity contribution in [1.82, 2.24) is 9.78 Å². The van der Waals surface area contributed by atoms with E-state index in [0.29, 0.717) is 35.3 Å². The first-order chi connectivity index (χ1) is 12.6. The maximum absolute atomic E-state index is 12.5. The Morgan fingerprint density at radius 3 is 2.59 bits per heavy atom. The summed E-state index contributed by atoms with van der Waals surface area (Å²) in [6.45, 7) is 7.67. The molecule has 0 bridgehead atoms. The van der Waals surface area contributed by atoms with E-state index in [4.69, 9.17) is 9.47 Å². The van der Waals surface area contributed by atoms with Gasteiger partial charge in [0, 0.05) is 11.8 Å². The van der Waals surface area contributed by atoms with Gasteiger partial charge in [-0.15, -0.1) is 0 Å². The number of carboxylic acid groups (broad SMARTS) is 1. The summed E-state index contributed by atoms with van der Waals surface area (Å²) < 4.78 is 12.3. The Hall–Kier alpha value is -3.03. The van der Waals surface area contributed by atoms with Crippen LogP contribution in [0.1, 0.15) is 38.1 Å². The zero-order valence-corrected chi connectivity index (χ0v) is 16.1. The standard InChI is InChI=1S/C19H25N3O5/c1-12(2)11-27-15-7-6-13(8-16(15)26-5)17(23)21-14-9-20-22(10-14)19(3,4)18(24)25/h6-10,12H,11H2,1-5H3,(H,21,23)(H,24,25). The van der Waals surface area contributed by atoms with Gasteiger partial charge in [0.05, 0.1) is 25.6 Å². The molecular formula is C19H25N3O5. The number of hydrogen-bond donors (Lipinski definition) is 2. The molecule has 0 spiro atoms. The smallest absolute Gasteiger partial charge is 0.331 e. The van der Waals surface area contributed by atoms with E-state index in [2.05, 4.69) is 10.4 Å². The summed E-state index contributed by atoms with van der Waals surface area (Å²) in [7, 11) is 1.51. The number of ether oxygens (including phenoxy) is 2. The summed E-state index contributed by atoms with van der Waals surface area (Å²) in [4.78, 5) is 23.8. The van der Waals surface area contributed by atoms with Crippen molar-refractivity contribution in [2.24, 2.45) is 5.92 Å². The van der Waals surface area contributed by atoms with E-state index in [1.54, 1.807) is 18.2 Å². The number of aromatic nitrogens is 2. The van der Waals surface area contributed by atoms with Crippen molar-refractivity contribution in [2.45, 2.75) is 33.2 Å². The highest BCUT2D eigenvalue weighted by atomic mass is 16.5. The van der Waals surface area contributed by atoms with Gasteiger partial charge in [-0.1, -0.05) is 13.8 Å². The average molecular weight is 375 g/mol. The molecule has 0 aliphatic carbocycles. The van der Waals surface area contributed by atoms with Crippen LogP contribution in [-0.2, 0) is 10.3 Å². The van der Waals surface area contributed by atoms with Gasteiger partial charge in [-0.05, 0) is 38.0 Å². The minimum Gasteiger partial charge on any atom is -0.493 e. The van der Waals surface area contributed by atoms with E-state index in [1.165, 1.54) is 38.0 Å². The SMILES string of the molecule is COc1cc(C(=O)Nc2cnn(C(C)(C)C(=O)O)c2)ccc1OCC(C)C. The fourth-order valence-electron chi connectivity index (χ4n) is 2.18. The van der Waals surface area contributed by atoms with Gasteiger partial charge in [0.2, 0.25) is 0 Å². The van der Waals surface area contributed by atoms with Crippen molar-refractivity contribution >= 4 is 17.6 Å². The average Bonchev–Trinajstić information content (AvgIpc) is 3.08. The first kappa shape index (κ1) is 20.3. The molecule has 0 saturated carbocycles. The molecule has 2 aromatic rings. The Morgan fingerprint density at radius 1 is 1.30 bits per heavy atom. The molecule has 27 heavy (non-hydrogen) atoms. The lowest BCUT2D eigenvalue weighted by Gasteiger charge is -2.19. The van der Waals surface area contributed by atoms with Crippen LogP contribution in [0.3, 0.4) is 0 Å². The lowest BCUT2D eigenvalue weighted by atomic mass is 10.1. The summed E-state index contributed by atoms with van der Waals surface area (Å²) in [5, 5.41) is 16.0. The van der Waals surface area contributed by atoms with Crippen LogP contribution in [0, 0.1) is 5.92 Å². The van der Waals surface area contributed by atoms with Gasteiger partial charge in [-0.25, -0.2) is 4.79 Å². The van der Waals surface area contributed by atoms with Crippen molar-refractivity contribution in [3.8, 4) is 11.5 Å². The summed E-state index contributed by atoms with van der Waals surface area (Å²) >= 11 is 0. The molecule has 2 N–H and O–H groups in total. The number of rotatable bonds is 8. The number of amides is 1. The molecule has 0 saturated heterocycles. The molecule has 0 fully saturated rings. The van der Waals surface area contributed by atoms with E-state index in [-0.39, 0.29) is 5.91 Å². The van der Waals surface area contributed by atoms with Crippen molar-refractivity contribution < 1.29 is 24.2 Å². The second kappa shape index (κ2) is 8.11. The molecule has 2 rings (SSSR count). The maximum atomic E-state index is 12.5. The maximum Gasteiger partial charge on any atom is 0.331 e. The van der Waals surface area contributed by atoms with Gasteiger partial charge < -0.3 is 19.9 Å². The second-order valence-corrected chi connectivity index (χ2v) is 7.06. The summed E-state index contributed by atoms with van der Waals surface area (Å²) in [6.07, 6.45) is 2.88. The van der Waals surface area contributed by atoms with Gasteiger partial charge in [-0.3, -0.25) is 9.48 Å². The van der Waals surface area contributed by atoms with Gasteiger partial charge in [0.25, 0.3) is 5.91 Å². The highest BCUT2D eigenvalue weighted by molar-refractivity contribution is 6.04. The molecule has 0 aliphatic heterocycles. The Morgan fingerprint density at radius 2 is 2.00 bits per heavy atom. The summed E-state index contributed by atoms with van der Waals surface area (Å²) in [6, 6.07) is 4.92. The van der Waals surface area contributed by atoms with Crippen molar-refractivity contribution in [3.63, 3.8) is 0 Å². The molecule has 1 aromatic carbocycles. The number of carboxylic acids is 1. The van der Waals surface area contributed by atoms with Crippen LogP contribution >= 0.6 is 0 Å². The highest BCUT2D eigenvalue weighted by Gasteiger charge is 2.30. The molecule has 0 atom stereocenters. The van der Waals surface area contributed by atoms with Crippen LogP contribution in [0.15, 0.2) is 30.6 Å². The largest absolute Gasteiger partial charge is 0.493 e. The number of nitrogens with zero attached hydrogens (tertiary/aromatic N) is 2. The van der Waals surface area contributed by atoms with E-state index in [1.807, 2.05) is 13.8 Å². The minimum atomic E-state index is -1.22. The fourth-order valence-corrected chi connectivity index (χ4v) is 2.18. The van der Waals surface area contributed by atoms with Crippen LogP contribution in [0.5, 0.6) is 11.5 Å². The number of hydrogen-bond acceptors (Lipinski definition) is 5. The first-order valence-electron chi connectivity index (χ1n) is 8.56. The molecule has 146 valence electrons. The van der Waals surface area contributed by atoms with E-state index in [9.17, 15) is 14.7 Å². The fraction of sp³-hybridized carbons (Fsp3) is 0.421. The normalized spacial score (nSPS) is 11.3. The molecule has 0 aliphatic rings. The number of carbonyl (C=O) groups is 2. The van der Waals surface area contributed by atoms with Crippen molar-refractivity contribution in [1.29, 1.82) is 0 Å². The Kier molecular flexibility index (Phi) is 6.09. The Bertz CT molecular complexity index is 827. The minimum absolute atomic E-state index is 0.364. The topological polar surface area (TPSA) is 103 Å². The molecule has 1 heterocycles. The Labute approximate surface area is 158 Å². The first-order valence-corrected chi connectivity index (χ1v) is 8.56. The van der Waals surface area contributed by atoms with Crippen molar-refractivity contribution in [2.75, 3.05) is 19.0 Å². The number of benzene rings is 1. The van der Waals surface area contributed by atoms with Crippen LogP contribution in [0.4, 0.5) is 5.69 Å². The quantitative estimate of drug-likeness (QED) is 0.735. The zero-order chi connectivity index (χ0) is 20.2. The molecule has 0 radical (unpaired) electrons. The predicted octanol–water partition coefficient (Wildman–Crippen LogP) is 3.00. The van der Waals surface area contributed by atoms with Crippen molar-refractivity contribution in [3.05, 3.63) is 36.2 Å². The second-order valence-electron chi connectivity index (χ2n) is 7.06. The third-order valence-electron chi connectivity index (χ3n) is 3.93. The van der Waals surface area contributed by atoms with Crippen LogP contribution < -0.4 is 14.8 Å². The number of nitrogens with one attached hydrogen (secondary N) is 1.